The highest BCUT2D eigenvalue weighted by Gasteiger charge is 2.49. The van der Waals surface area contributed by atoms with E-state index in [0.29, 0.717) is 29.3 Å². The predicted molar refractivity (Wildman–Crippen MR) is 93.7 cm³/mol. The second-order valence-corrected chi connectivity index (χ2v) is 9.27. The third-order valence-corrected chi connectivity index (χ3v) is 6.95. The van der Waals surface area contributed by atoms with Gasteiger partial charge in [0.2, 0.25) is 10.0 Å². The van der Waals surface area contributed by atoms with Crippen LogP contribution in [0.2, 0.25) is 0 Å². The third kappa shape index (κ3) is 3.02. The highest BCUT2D eigenvalue weighted by Crippen LogP contribution is 2.57. The van der Waals surface area contributed by atoms with E-state index in [2.05, 4.69) is 26.0 Å². The minimum Gasteiger partial charge on any atom is -0.207 e. The van der Waals surface area contributed by atoms with Crippen LogP contribution in [0.5, 0.6) is 0 Å². The summed E-state index contributed by atoms with van der Waals surface area (Å²) >= 11 is 0. The average Bonchev–Trinajstić information content (AvgIpc) is 3.15. The topological polar surface area (TPSA) is 37.4 Å². The van der Waals surface area contributed by atoms with Gasteiger partial charge in [-0.25, -0.2) is 8.42 Å². The zero-order valence-corrected chi connectivity index (χ0v) is 15.2. The summed E-state index contributed by atoms with van der Waals surface area (Å²) < 4.78 is 27.3. The first-order valence-corrected chi connectivity index (χ1v) is 9.62. The number of sulfonamides is 1. The average molecular weight is 331 g/mol. The molecule has 0 amide bonds. The Morgan fingerprint density at radius 1 is 1.22 bits per heavy atom. The van der Waals surface area contributed by atoms with Crippen LogP contribution in [-0.2, 0) is 10.0 Å². The Hall–Kier alpha value is -1.39. The van der Waals surface area contributed by atoms with Gasteiger partial charge in [-0.05, 0) is 54.9 Å². The molecule has 3 nitrogen and oxygen atoms in total. The largest absolute Gasteiger partial charge is 0.243 e. The van der Waals surface area contributed by atoms with E-state index in [1.165, 1.54) is 12.0 Å². The molecule has 0 radical (unpaired) electrons. The standard InChI is InChI=1S/C19H25NO2S/c1-5-15-13-20(11-10-17(15)18-12-19(18,3)4)23(21,22)16-8-6-14(2)7-9-16/h5-10,18H,11-13H2,1-4H3/b15-5+. The smallest absolute Gasteiger partial charge is 0.207 e. The first kappa shape index (κ1) is 16.5. The van der Waals surface area contributed by atoms with E-state index < -0.39 is 10.0 Å². The van der Waals surface area contributed by atoms with E-state index in [4.69, 9.17) is 0 Å². The van der Waals surface area contributed by atoms with Crippen molar-refractivity contribution in [3.8, 4) is 0 Å². The summed E-state index contributed by atoms with van der Waals surface area (Å²) in [6, 6.07) is 7.09. The van der Waals surface area contributed by atoms with Crippen LogP contribution in [0.3, 0.4) is 0 Å². The number of hydrogen-bond acceptors (Lipinski definition) is 2. The lowest BCUT2D eigenvalue weighted by Crippen LogP contribution is -2.36. The van der Waals surface area contributed by atoms with Gasteiger partial charge in [-0.2, -0.15) is 4.31 Å². The summed E-state index contributed by atoms with van der Waals surface area (Å²) in [4.78, 5) is 0.377. The fraction of sp³-hybridized carbons (Fsp3) is 0.474. The van der Waals surface area contributed by atoms with Crippen molar-refractivity contribution >= 4 is 10.0 Å². The van der Waals surface area contributed by atoms with Crippen LogP contribution in [0.4, 0.5) is 0 Å². The molecule has 1 fully saturated rings. The lowest BCUT2D eigenvalue weighted by atomic mass is 9.94. The van der Waals surface area contributed by atoms with Crippen LogP contribution in [0, 0.1) is 18.3 Å². The number of benzene rings is 1. The minimum atomic E-state index is -3.43. The van der Waals surface area contributed by atoms with Gasteiger partial charge >= 0.3 is 0 Å². The highest BCUT2D eigenvalue weighted by molar-refractivity contribution is 7.89. The molecule has 23 heavy (non-hydrogen) atoms. The molecule has 1 unspecified atom stereocenters. The molecule has 0 N–H and O–H groups in total. The first-order chi connectivity index (χ1) is 10.8. The van der Waals surface area contributed by atoms with E-state index in [0.717, 1.165) is 11.1 Å². The molecule has 0 saturated heterocycles. The minimum absolute atomic E-state index is 0.359. The first-order valence-electron chi connectivity index (χ1n) is 8.18. The Bertz CT molecular complexity index is 770. The van der Waals surface area contributed by atoms with Gasteiger partial charge < -0.3 is 0 Å². The highest BCUT2D eigenvalue weighted by atomic mass is 32.2. The molecule has 1 aromatic carbocycles. The number of allylic oxidation sites excluding steroid dienone is 1. The molecule has 1 saturated carbocycles. The molecule has 4 heteroatoms. The van der Waals surface area contributed by atoms with Gasteiger partial charge in [0.05, 0.1) is 4.90 Å². The van der Waals surface area contributed by atoms with Crippen molar-refractivity contribution in [1.82, 2.24) is 4.31 Å². The van der Waals surface area contributed by atoms with Crippen LogP contribution in [0.15, 0.2) is 52.5 Å². The zero-order valence-electron chi connectivity index (χ0n) is 14.3. The van der Waals surface area contributed by atoms with Crippen LogP contribution in [0.1, 0.15) is 32.8 Å². The summed E-state index contributed by atoms with van der Waals surface area (Å²) in [7, 11) is -3.43. The fourth-order valence-corrected chi connectivity index (χ4v) is 4.70. The van der Waals surface area contributed by atoms with Crippen molar-refractivity contribution in [3.63, 3.8) is 0 Å². The van der Waals surface area contributed by atoms with Crippen molar-refractivity contribution in [3.05, 3.63) is 53.1 Å². The Morgan fingerprint density at radius 3 is 2.35 bits per heavy atom. The molecule has 1 heterocycles. The van der Waals surface area contributed by atoms with Crippen molar-refractivity contribution < 1.29 is 8.42 Å². The molecule has 0 bridgehead atoms. The zero-order chi connectivity index (χ0) is 16.8. The van der Waals surface area contributed by atoms with E-state index in [1.807, 2.05) is 26.0 Å². The number of hydrogen-bond donors (Lipinski definition) is 0. The van der Waals surface area contributed by atoms with Gasteiger partial charge in [0.1, 0.15) is 0 Å². The Labute approximate surface area is 139 Å². The van der Waals surface area contributed by atoms with E-state index in [1.54, 1.807) is 16.4 Å². The Balaban J connectivity index is 1.87. The van der Waals surface area contributed by atoms with Crippen molar-refractivity contribution in [2.75, 3.05) is 13.1 Å². The van der Waals surface area contributed by atoms with Gasteiger partial charge in [-0.3, -0.25) is 0 Å². The fourth-order valence-electron chi connectivity index (χ4n) is 3.34. The second-order valence-electron chi connectivity index (χ2n) is 7.33. The van der Waals surface area contributed by atoms with Gasteiger partial charge in [0, 0.05) is 13.1 Å². The molecule has 3 rings (SSSR count). The summed E-state index contributed by atoms with van der Waals surface area (Å²) in [5, 5.41) is 0. The Morgan fingerprint density at radius 2 is 1.83 bits per heavy atom. The van der Waals surface area contributed by atoms with E-state index in [-0.39, 0.29) is 0 Å². The molecule has 1 aromatic rings. The maximum absolute atomic E-state index is 12.8. The molecule has 1 aliphatic carbocycles. The van der Waals surface area contributed by atoms with E-state index in [9.17, 15) is 8.42 Å². The van der Waals surface area contributed by atoms with Crippen LogP contribution >= 0.6 is 0 Å². The number of nitrogens with zero attached hydrogens (tertiary/aromatic N) is 1. The maximum atomic E-state index is 12.8. The van der Waals surface area contributed by atoms with Crippen molar-refractivity contribution in [2.45, 2.75) is 39.0 Å². The third-order valence-electron chi connectivity index (χ3n) is 5.13. The Kier molecular flexibility index (Phi) is 4.01. The van der Waals surface area contributed by atoms with Crippen molar-refractivity contribution in [2.24, 2.45) is 11.3 Å². The monoisotopic (exact) mass is 331 g/mol. The maximum Gasteiger partial charge on any atom is 0.243 e. The SMILES string of the molecule is C/C=C1\CN(S(=O)(=O)c2ccc(C)cc2)CC=C1C1CC1(C)C. The van der Waals surface area contributed by atoms with Crippen LogP contribution in [-0.4, -0.2) is 25.8 Å². The number of rotatable bonds is 3. The lowest BCUT2D eigenvalue weighted by molar-refractivity contribution is 0.454. The summed E-state index contributed by atoms with van der Waals surface area (Å²) in [6.07, 6.45) is 5.38. The van der Waals surface area contributed by atoms with Crippen LogP contribution < -0.4 is 0 Å². The molecule has 1 aliphatic heterocycles. The molecule has 124 valence electrons. The van der Waals surface area contributed by atoms with Gasteiger partial charge in [-0.1, -0.05) is 43.7 Å². The summed E-state index contributed by atoms with van der Waals surface area (Å²) in [6.45, 7) is 9.46. The van der Waals surface area contributed by atoms with E-state index >= 15 is 0 Å². The molecule has 0 aromatic heterocycles. The van der Waals surface area contributed by atoms with Crippen molar-refractivity contribution in [1.29, 1.82) is 0 Å². The predicted octanol–water partition coefficient (Wildman–Crippen LogP) is 3.92. The molecular formula is C19H25NO2S. The molecule has 2 aliphatic rings. The molecule has 0 spiro atoms. The molecular weight excluding hydrogens is 306 g/mol. The lowest BCUT2D eigenvalue weighted by Gasteiger charge is -2.28. The van der Waals surface area contributed by atoms with Gasteiger partial charge in [0.25, 0.3) is 0 Å². The summed E-state index contributed by atoms with van der Waals surface area (Å²) in [5.74, 6) is 0.581. The number of aryl methyl sites for hydroxylation is 1. The summed E-state index contributed by atoms with van der Waals surface area (Å²) in [5.41, 5.74) is 3.93. The second kappa shape index (κ2) is 5.60. The van der Waals surface area contributed by atoms with Gasteiger partial charge in [-0.15, -0.1) is 0 Å². The quantitative estimate of drug-likeness (QED) is 0.842. The van der Waals surface area contributed by atoms with Gasteiger partial charge in [0.15, 0.2) is 0 Å². The normalized spacial score (nSPS) is 26.2. The van der Waals surface area contributed by atoms with Crippen LogP contribution in [0.25, 0.3) is 0 Å². The molecule has 1 atom stereocenters.